The van der Waals surface area contributed by atoms with Gasteiger partial charge in [0, 0.05) is 6.54 Å². The van der Waals surface area contributed by atoms with E-state index in [4.69, 9.17) is 4.84 Å². The molecule has 20 heavy (non-hydrogen) atoms. The molecule has 0 spiro atoms. The first-order valence-corrected chi connectivity index (χ1v) is 7.75. The van der Waals surface area contributed by atoms with Crippen LogP contribution in [0.5, 0.6) is 5.75 Å². The molecule has 1 aromatic carbocycles. The van der Waals surface area contributed by atoms with Gasteiger partial charge in [0.25, 0.3) is 0 Å². The molecule has 0 saturated heterocycles. The highest BCUT2D eigenvalue weighted by Crippen LogP contribution is 2.36. The van der Waals surface area contributed by atoms with E-state index in [2.05, 4.69) is 71.3 Å². The van der Waals surface area contributed by atoms with Gasteiger partial charge in [-0.2, -0.15) is 5.48 Å². The smallest absolute Gasteiger partial charge is 0.147 e. The van der Waals surface area contributed by atoms with Crippen LogP contribution < -0.4 is 10.3 Å². The summed E-state index contributed by atoms with van der Waals surface area (Å²) in [7, 11) is 0. The standard InChI is InChI=1S/C18H31NO/c1-7-8-13-19-20-16-11-9-15(10-12-16)18(5,6)14-17(2,3)4/h9-12,19H,7-8,13-14H2,1-6H3. The van der Waals surface area contributed by atoms with Crippen LogP contribution in [0.25, 0.3) is 0 Å². The fourth-order valence-corrected chi connectivity index (χ4v) is 2.79. The van der Waals surface area contributed by atoms with Gasteiger partial charge in [-0.15, -0.1) is 0 Å². The molecule has 0 fully saturated rings. The van der Waals surface area contributed by atoms with E-state index in [9.17, 15) is 0 Å². The first-order valence-electron chi connectivity index (χ1n) is 7.75. The molecule has 0 aromatic heterocycles. The third-order valence-electron chi connectivity index (χ3n) is 3.43. The normalized spacial score (nSPS) is 12.5. The lowest BCUT2D eigenvalue weighted by Gasteiger charge is -2.33. The molecular weight excluding hydrogens is 246 g/mol. The SMILES string of the molecule is CCCCNOc1ccc(C(C)(C)CC(C)(C)C)cc1. The average Bonchev–Trinajstić information content (AvgIpc) is 2.32. The number of rotatable bonds is 7. The minimum absolute atomic E-state index is 0.187. The number of hydrogen-bond acceptors (Lipinski definition) is 2. The fourth-order valence-electron chi connectivity index (χ4n) is 2.79. The Labute approximate surface area is 124 Å². The fraction of sp³-hybridized carbons (Fsp3) is 0.667. The van der Waals surface area contributed by atoms with Crippen LogP contribution in [0.3, 0.4) is 0 Å². The topological polar surface area (TPSA) is 21.3 Å². The van der Waals surface area contributed by atoms with Crippen molar-refractivity contribution in [3.8, 4) is 5.75 Å². The van der Waals surface area contributed by atoms with Crippen LogP contribution in [0.1, 0.15) is 66.4 Å². The van der Waals surface area contributed by atoms with Crippen molar-refractivity contribution in [2.45, 2.75) is 66.2 Å². The van der Waals surface area contributed by atoms with Crippen molar-refractivity contribution in [2.24, 2.45) is 5.41 Å². The molecule has 0 aliphatic rings. The van der Waals surface area contributed by atoms with E-state index >= 15 is 0 Å². The summed E-state index contributed by atoms with van der Waals surface area (Å²) in [4.78, 5) is 5.53. The van der Waals surface area contributed by atoms with Crippen molar-refractivity contribution in [2.75, 3.05) is 6.54 Å². The van der Waals surface area contributed by atoms with Crippen molar-refractivity contribution < 1.29 is 4.84 Å². The summed E-state index contributed by atoms with van der Waals surface area (Å²) in [6, 6.07) is 8.47. The lowest BCUT2D eigenvalue weighted by atomic mass is 9.72. The van der Waals surface area contributed by atoms with Gasteiger partial charge in [-0.25, -0.2) is 0 Å². The molecule has 0 atom stereocenters. The molecule has 2 heteroatoms. The number of benzene rings is 1. The zero-order chi connectivity index (χ0) is 15.2. The van der Waals surface area contributed by atoms with Crippen LogP contribution in [-0.2, 0) is 5.41 Å². The summed E-state index contributed by atoms with van der Waals surface area (Å²) in [6.45, 7) is 14.6. The van der Waals surface area contributed by atoms with Gasteiger partial charge < -0.3 is 4.84 Å². The molecule has 0 heterocycles. The highest BCUT2D eigenvalue weighted by atomic mass is 16.6. The van der Waals surface area contributed by atoms with Crippen LogP contribution in [0.4, 0.5) is 0 Å². The largest absolute Gasteiger partial charge is 0.409 e. The second-order valence-corrected chi connectivity index (χ2v) is 7.50. The summed E-state index contributed by atoms with van der Waals surface area (Å²) in [5.41, 5.74) is 4.89. The Bertz CT molecular complexity index is 387. The Balaban J connectivity index is 2.61. The van der Waals surface area contributed by atoms with E-state index < -0.39 is 0 Å². The van der Waals surface area contributed by atoms with E-state index in [0.29, 0.717) is 5.41 Å². The summed E-state index contributed by atoms with van der Waals surface area (Å²) < 4.78 is 0. The second kappa shape index (κ2) is 7.12. The lowest BCUT2D eigenvalue weighted by Crippen LogP contribution is -2.25. The molecule has 0 bridgehead atoms. The van der Waals surface area contributed by atoms with Gasteiger partial charge >= 0.3 is 0 Å². The molecule has 0 unspecified atom stereocenters. The van der Waals surface area contributed by atoms with Gasteiger partial charge in [-0.3, -0.25) is 0 Å². The van der Waals surface area contributed by atoms with Crippen LogP contribution in [0, 0.1) is 5.41 Å². The molecule has 1 aromatic rings. The number of hydrogen-bond donors (Lipinski definition) is 1. The molecular formula is C18H31NO. The summed E-state index contributed by atoms with van der Waals surface area (Å²) >= 11 is 0. The van der Waals surface area contributed by atoms with Crippen LogP contribution >= 0.6 is 0 Å². The van der Waals surface area contributed by atoms with Crippen molar-refractivity contribution in [1.82, 2.24) is 5.48 Å². The van der Waals surface area contributed by atoms with Crippen LogP contribution in [0.2, 0.25) is 0 Å². The van der Waals surface area contributed by atoms with Crippen molar-refractivity contribution >= 4 is 0 Å². The highest BCUT2D eigenvalue weighted by molar-refractivity contribution is 5.31. The molecule has 114 valence electrons. The molecule has 0 radical (unpaired) electrons. The predicted molar refractivity (Wildman–Crippen MR) is 87.1 cm³/mol. The molecule has 1 rings (SSSR count). The maximum absolute atomic E-state index is 5.53. The van der Waals surface area contributed by atoms with E-state index in [-0.39, 0.29) is 5.41 Å². The van der Waals surface area contributed by atoms with Gasteiger partial charge in [-0.05, 0) is 41.4 Å². The summed E-state index contributed by atoms with van der Waals surface area (Å²) in [6.07, 6.45) is 3.47. The zero-order valence-corrected chi connectivity index (χ0v) is 14.0. The molecule has 1 N–H and O–H groups in total. The third-order valence-corrected chi connectivity index (χ3v) is 3.43. The van der Waals surface area contributed by atoms with E-state index in [1.807, 2.05) is 0 Å². The van der Waals surface area contributed by atoms with Gasteiger partial charge in [0.1, 0.15) is 5.75 Å². The van der Waals surface area contributed by atoms with Gasteiger partial charge in [0.2, 0.25) is 0 Å². The maximum atomic E-state index is 5.53. The Morgan fingerprint density at radius 3 is 2.10 bits per heavy atom. The number of unbranched alkanes of at least 4 members (excludes halogenated alkanes) is 1. The predicted octanol–water partition coefficient (Wildman–Crippen LogP) is 5.08. The zero-order valence-electron chi connectivity index (χ0n) is 14.0. The molecule has 0 aliphatic heterocycles. The van der Waals surface area contributed by atoms with Gasteiger partial charge in [0.15, 0.2) is 0 Å². The highest BCUT2D eigenvalue weighted by Gasteiger charge is 2.27. The first kappa shape index (κ1) is 17.0. The van der Waals surface area contributed by atoms with E-state index in [1.165, 1.54) is 12.0 Å². The summed E-state index contributed by atoms with van der Waals surface area (Å²) in [5.74, 6) is 0.886. The molecule has 0 saturated carbocycles. The van der Waals surface area contributed by atoms with Crippen molar-refractivity contribution in [3.05, 3.63) is 29.8 Å². The minimum Gasteiger partial charge on any atom is -0.409 e. The minimum atomic E-state index is 0.187. The Hall–Kier alpha value is -1.02. The third kappa shape index (κ3) is 5.96. The average molecular weight is 277 g/mol. The maximum Gasteiger partial charge on any atom is 0.147 e. The molecule has 2 nitrogen and oxygen atoms in total. The van der Waals surface area contributed by atoms with Crippen LogP contribution in [-0.4, -0.2) is 6.54 Å². The number of hydroxylamine groups is 1. The second-order valence-electron chi connectivity index (χ2n) is 7.50. The first-order chi connectivity index (χ1) is 9.24. The Morgan fingerprint density at radius 1 is 1.00 bits per heavy atom. The quantitative estimate of drug-likeness (QED) is 0.554. The van der Waals surface area contributed by atoms with Crippen molar-refractivity contribution in [3.63, 3.8) is 0 Å². The molecule has 0 amide bonds. The number of nitrogens with one attached hydrogen (secondary N) is 1. The van der Waals surface area contributed by atoms with E-state index in [1.54, 1.807) is 0 Å². The van der Waals surface area contributed by atoms with Gasteiger partial charge in [0.05, 0.1) is 0 Å². The summed E-state index contributed by atoms with van der Waals surface area (Å²) in [5, 5.41) is 0. The van der Waals surface area contributed by atoms with Crippen LogP contribution in [0.15, 0.2) is 24.3 Å². The van der Waals surface area contributed by atoms with E-state index in [0.717, 1.165) is 25.1 Å². The monoisotopic (exact) mass is 277 g/mol. The van der Waals surface area contributed by atoms with Crippen molar-refractivity contribution in [1.29, 1.82) is 0 Å². The Kier molecular flexibility index (Phi) is 6.07. The lowest BCUT2D eigenvalue weighted by molar-refractivity contribution is 0.194. The Morgan fingerprint density at radius 2 is 1.60 bits per heavy atom. The molecule has 0 aliphatic carbocycles. The van der Waals surface area contributed by atoms with Gasteiger partial charge in [-0.1, -0.05) is 60.1 Å².